The highest BCUT2D eigenvalue weighted by atomic mass is 35.5. The van der Waals surface area contributed by atoms with Crippen molar-refractivity contribution >= 4 is 11.6 Å². The maximum Gasteiger partial charge on any atom is 0.259 e. The average molecular weight is 448 g/mol. The summed E-state index contributed by atoms with van der Waals surface area (Å²) in [5, 5.41) is 10.2. The monoisotopic (exact) mass is 447 g/mol. The van der Waals surface area contributed by atoms with Crippen molar-refractivity contribution in [3.63, 3.8) is 0 Å². The van der Waals surface area contributed by atoms with Crippen LogP contribution in [0, 0.1) is 18.3 Å². The first-order valence-corrected chi connectivity index (χ1v) is 10.3. The number of hydrogen-bond acceptors (Lipinski definition) is 6. The number of nitriles is 1. The maximum atomic E-state index is 13.7. The molecule has 0 fully saturated rings. The third kappa shape index (κ3) is 3.17. The second-order valence-electron chi connectivity index (χ2n) is 7.59. The molecule has 1 aromatic heterocycles. The van der Waals surface area contributed by atoms with Crippen molar-refractivity contribution in [2.75, 3.05) is 6.79 Å². The molecule has 0 bridgehead atoms. The van der Waals surface area contributed by atoms with Gasteiger partial charge in [0.1, 0.15) is 17.4 Å². The molecule has 160 valence electrons. The molecule has 0 radical (unpaired) electrons. The Morgan fingerprint density at radius 2 is 1.94 bits per heavy atom. The molecule has 0 aliphatic carbocycles. The zero-order chi connectivity index (χ0) is 22.4. The number of fused-ring (bicyclic) bond motifs is 2. The summed E-state index contributed by atoms with van der Waals surface area (Å²) in [4.78, 5) is 13.7. The van der Waals surface area contributed by atoms with Crippen molar-refractivity contribution in [3.8, 4) is 23.3 Å². The topological polar surface area (TPSA) is 99.5 Å². The molecule has 0 unspecified atom stereocenters. The highest BCUT2D eigenvalue weighted by Gasteiger charge is 2.35. The van der Waals surface area contributed by atoms with Crippen molar-refractivity contribution in [1.29, 1.82) is 5.26 Å². The van der Waals surface area contributed by atoms with Gasteiger partial charge in [0, 0.05) is 16.8 Å². The number of aromatic nitrogens is 1. The van der Waals surface area contributed by atoms with Gasteiger partial charge in [-0.2, -0.15) is 5.26 Å². The summed E-state index contributed by atoms with van der Waals surface area (Å²) in [5.41, 5.74) is 8.45. The maximum absolute atomic E-state index is 13.7. The van der Waals surface area contributed by atoms with Crippen LogP contribution in [0.5, 0.6) is 17.2 Å². The fraction of sp³-hybridized carbons (Fsp3) is 0.167. The lowest BCUT2D eigenvalue weighted by molar-refractivity contribution is 0.174. The summed E-state index contributed by atoms with van der Waals surface area (Å²) in [5.74, 6) is 0.891. The number of hydrogen-bond donors (Lipinski definition) is 1. The zero-order valence-corrected chi connectivity index (χ0v) is 17.8. The fourth-order valence-electron chi connectivity index (χ4n) is 4.12. The van der Waals surface area contributed by atoms with E-state index in [9.17, 15) is 10.1 Å². The lowest BCUT2D eigenvalue weighted by Gasteiger charge is -2.28. The number of rotatable bonds is 3. The lowest BCUT2D eigenvalue weighted by Crippen LogP contribution is -2.33. The Morgan fingerprint density at radius 3 is 2.72 bits per heavy atom. The molecule has 3 heterocycles. The molecule has 0 saturated heterocycles. The summed E-state index contributed by atoms with van der Waals surface area (Å²) in [6, 6.07) is 16.5. The molecule has 2 N–H and O–H groups in total. The minimum absolute atomic E-state index is 0.0303. The zero-order valence-electron chi connectivity index (χ0n) is 17.1. The van der Waals surface area contributed by atoms with Crippen LogP contribution < -0.4 is 25.5 Å². The van der Waals surface area contributed by atoms with Crippen molar-refractivity contribution in [1.82, 2.24) is 4.57 Å². The van der Waals surface area contributed by atoms with Crippen molar-refractivity contribution in [2.24, 2.45) is 5.73 Å². The number of nitrogens with two attached hydrogens (primary N) is 1. The molecule has 0 spiro atoms. The van der Waals surface area contributed by atoms with Crippen LogP contribution in [0.3, 0.4) is 0 Å². The molecular formula is C24H18ClN3O4. The minimum Gasteiger partial charge on any atom is -0.454 e. The van der Waals surface area contributed by atoms with E-state index in [0.717, 1.165) is 5.56 Å². The highest BCUT2D eigenvalue weighted by Crippen LogP contribution is 2.42. The SMILES string of the molecule is Cc1cc2c(c(=O)n1Cc1ccc3c(c1)OCO3)[C@@H](c1ccccc1Cl)C(C#N)=C(N)O2. The molecule has 0 saturated carbocycles. The molecule has 0 amide bonds. The van der Waals surface area contributed by atoms with Gasteiger partial charge in [-0.25, -0.2) is 0 Å². The van der Waals surface area contributed by atoms with Crippen LogP contribution in [0.4, 0.5) is 0 Å². The summed E-state index contributed by atoms with van der Waals surface area (Å²) >= 11 is 6.45. The third-order valence-electron chi connectivity index (χ3n) is 5.68. The molecule has 1 atom stereocenters. The smallest absolute Gasteiger partial charge is 0.259 e. The lowest BCUT2D eigenvalue weighted by atomic mass is 9.84. The van der Waals surface area contributed by atoms with Gasteiger partial charge >= 0.3 is 0 Å². The Hall–Kier alpha value is -3.89. The predicted molar refractivity (Wildman–Crippen MR) is 118 cm³/mol. The van der Waals surface area contributed by atoms with Gasteiger partial charge < -0.3 is 24.5 Å². The first kappa shape index (κ1) is 20.0. The molecule has 5 rings (SSSR count). The number of nitrogens with zero attached hydrogens (tertiary/aromatic N) is 2. The summed E-state index contributed by atoms with van der Waals surface area (Å²) in [7, 11) is 0. The summed E-state index contributed by atoms with van der Waals surface area (Å²) in [6.45, 7) is 2.31. The standard InChI is InChI=1S/C24H18ClN3O4/c1-13-8-20-22(21(16(10-26)23(27)32-20)15-4-2-3-5-17(15)25)24(29)28(13)11-14-6-7-18-19(9-14)31-12-30-18/h2-9,21H,11-12,27H2,1H3/t21-/m0/s1. The molecule has 3 aromatic rings. The Balaban J connectivity index is 1.67. The third-order valence-corrected chi connectivity index (χ3v) is 6.03. The van der Waals surface area contributed by atoms with Crippen LogP contribution in [0.15, 0.2) is 64.8 Å². The molecule has 2 aromatic carbocycles. The Bertz CT molecular complexity index is 1390. The number of ether oxygens (including phenoxy) is 3. The van der Waals surface area contributed by atoms with E-state index in [2.05, 4.69) is 6.07 Å². The molecule has 2 aliphatic rings. The Kier molecular flexibility index (Phi) is 4.80. The van der Waals surface area contributed by atoms with Crippen LogP contribution >= 0.6 is 11.6 Å². The van der Waals surface area contributed by atoms with Crippen molar-refractivity contribution in [3.05, 3.63) is 97.7 Å². The Morgan fingerprint density at radius 1 is 1.16 bits per heavy atom. The number of aryl methyl sites for hydroxylation is 1. The van der Waals surface area contributed by atoms with Gasteiger partial charge in [-0.05, 0) is 36.2 Å². The molecule has 32 heavy (non-hydrogen) atoms. The van der Waals surface area contributed by atoms with Gasteiger partial charge in [0.05, 0.1) is 18.0 Å². The van der Waals surface area contributed by atoms with E-state index >= 15 is 0 Å². The number of allylic oxidation sites excluding steroid dienone is 1. The highest BCUT2D eigenvalue weighted by molar-refractivity contribution is 6.31. The van der Waals surface area contributed by atoms with Gasteiger partial charge in [0.2, 0.25) is 12.7 Å². The first-order valence-electron chi connectivity index (χ1n) is 9.92. The van der Waals surface area contributed by atoms with Crippen LogP contribution in [-0.4, -0.2) is 11.4 Å². The Labute approximate surface area is 188 Å². The van der Waals surface area contributed by atoms with Crippen LogP contribution in [0.2, 0.25) is 5.02 Å². The quantitative estimate of drug-likeness (QED) is 0.655. The average Bonchev–Trinajstić information content (AvgIpc) is 3.24. The van der Waals surface area contributed by atoms with Gasteiger partial charge in [-0.15, -0.1) is 0 Å². The van der Waals surface area contributed by atoms with Gasteiger partial charge in [-0.1, -0.05) is 35.9 Å². The van der Waals surface area contributed by atoms with E-state index in [1.54, 1.807) is 34.9 Å². The summed E-state index contributed by atoms with van der Waals surface area (Å²) in [6.07, 6.45) is 0. The van der Waals surface area contributed by atoms with E-state index < -0.39 is 5.92 Å². The predicted octanol–water partition coefficient (Wildman–Crippen LogP) is 3.81. The van der Waals surface area contributed by atoms with Crippen molar-refractivity contribution in [2.45, 2.75) is 19.4 Å². The number of halogens is 1. The van der Waals surface area contributed by atoms with Gasteiger partial charge in [-0.3, -0.25) is 4.79 Å². The van der Waals surface area contributed by atoms with Gasteiger partial charge in [0.25, 0.3) is 5.56 Å². The van der Waals surface area contributed by atoms with Crippen LogP contribution in [0.1, 0.15) is 28.3 Å². The second-order valence-corrected chi connectivity index (χ2v) is 8.00. The number of pyridine rings is 1. The van der Waals surface area contributed by atoms with Crippen LogP contribution in [0.25, 0.3) is 0 Å². The molecule has 2 aliphatic heterocycles. The van der Waals surface area contributed by atoms with Crippen molar-refractivity contribution < 1.29 is 14.2 Å². The largest absolute Gasteiger partial charge is 0.454 e. The summed E-state index contributed by atoms with van der Waals surface area (Å²) < 4.78 is 18.2. The van der Waals surface area contributed by atoms with E-state index in [1.807, 2.05) is 25.1 Å². The fourth-order valence-corrected chi connectivity index (χ4v) is 4.37. The van der Waals surface area contributed by atoms with E-state index in [0.29, 0.717) is 45.6 Å². The van der Waals surface area contributed by atoms with E-state index in [1.165, 1.54) is 0 Å². The minimum atomic E-state index is -0.728. The first-order chi connectivity index (χ1) is 15.5. The molecular weight excluding hydrogens is 430 g/mol. The van der Waals surface area contributed by atoms with Crippen LogP contribution in [-0.2, 0) is 6.54 Å². The molecule has 8 heteroatoms. The van der Waals surface area contributed by atoms with E-state index in [-0.39, 0.29) is 23.8 Å². The van der Waals surface area contributed by atoms with Gasteiger partial charge in [0.15, 0.2) is 11.5 Å². The molecule has 7 nitrogen and oxygen atoms in total. The second kappa shape index (κ2) is 7.66. The number of benzene rings is 2. The normalized spacial score (nSPS) is 16.3. The van der Waals surface area contributed by atoms with E-state index in [4.69, 9.17) is 31.5 Å².